The Bertz CT molecular complexity index is 33.2. The topological polar surface area (TPSA) is 57.1 Å². The molecule has 48 valence electrons. The zero-order chi connectivity index (χ0) is 5.54. The predicted molar refractivity (Wildman–Crippen MR) is 31.6 cm³/mol. The van der Waals surface area contributed by atoms with Gasteiger partial charge in [0.1, 0.15) is 0 Å². The van der Waals surface area contributed by atoms with E-state index in [2.05, 4.69) is 0 Å². The van der Waals surface area contributed by atoms with Gasteiger partial charge in [-0.2, -0.15) is 0 Å². The Morgan fingerprint density at radius 1 is 1.00 bits per heavy atom. The third kappa shape index (κ3) is 9.34. The van der Waals surface area contributed by atoms with Gasteiger partial charge in [0, 0.05) is 0 Å². The summed E-state index contributed by atoms with van der Waals surface area (Å²) in [4.78, 5) is 0. The van der Waals surface area contributed by atoms with Gasteiger partial charge < -0.3 is 23.9 Å². The number of hydrogen-bond acceptors (Lipinski definition) is 2. The molecule has 0 aliphatic carbocycles. The molecule has 0 aromatic heterocycles. The summed E-state index contributed by atoms with van der Waals surface area (Å²) in [6.45, 7) is 1.78. The summed E-state index contributed by atoms with van der Waals surface area (Å²) in [5, 5.41) is 18.2. The van der Waals surface area contributed by atoms with Gasteiger partial charge >= 0.3 is 0 Å². The first kappa shape index (κ1) is 10.8. The fourth-order valence-corrected chi connectivity index (χ4v) is 0.327. The maximum Gasteiger partial charge on any atom is 0.0991 e. The molecule has 0 aromatic rings. The lowest BCUT2D eigenvalue weighted by Gasteiger charge is -1.91. The van der Waals surface area contributed by atoms with Gasteiger partial charge in [0.2, 0.25) is 0 Å². The minimum absolute atomic E-state index is 0. The van der Waals surface area contributed by atoms with E-state index in [0.29, 0.717) is 13.1 Å². The van der Waals surface area contributed by atoms with Crippen LogP contribution in [0.3, 0.4) is 0 Å². The molecular formula is C4H12BNO2. The van der Waals surface area contributed by atoms with Crippen molar-refractivity contribution >= 4 is 8.41 Å². The van der Waals surface area contributed by atoms with Crippen LogP contribution in [0.4, 0.5) is 0 Å². The van der Waals surface area contributed by atoms with E-state index in [9.17, 15) is 0 Å². The smallest absolute Gasteiger partial charge is 0.0991 e. The first-order valence-electron chi connectivity index (χ1n) is 2.45. The van der Waals surface area contributed by atoms with E-state index in [4.69, 9.17) is 10.2 Å². The maximum atomic E-state index is 8.18. The number of aliphatic hydroxyl groups is 2. The predicted octanol–water partition coefficient (Wildman–Crippen LogP) is -2.85. The van der Waals surface area contributed by atoms with Crippen LogP contribution in [0, 0.1) is 0 Å². The van der Waals surface area contributed by atoms with Crippen molar-refractivity contribution in [1.29, 1.82) is 0 Å². The quantitative estimate of drug-likeness (QED) is 0.274. The van der Waals surface area contributed by atoms with Gasteiger partial charge in [0.15, 0.2) is 0 Å². The van der Waals surface area contributed by atoms with E-state index in [-0.39, 0.29) is 21.6 Å². The number of nitrogens with two attached hydrogens (primary N) is 1. The Kier molecular flexibility index (Phi) is 13.6. The van der Waals surface area contributed by atoms with Gasteiger partial charge in [-0.15, -0.1) is 0 Å². The summed E-state index contributed by atoms with van der Waals surface area (Å²) in [6.07, 6.45) is 0. The normalized spacial score (nSPS) is 8.25. The molecule has 0 atom stereocenters. The van der Waals surface area contributed by atoms with Crippen LogP contribution in [0.5, 0.6) is 0 Å². The number of rotatable bonds is 4. The zero-order valence-corrected chi connectivity index (χ0v) is 4.88. The van der Waals surface area contributed by atoms with E-state index in [1.165, 1.54) is 0 Å². The summed E-state index contributed by atoms with van der Waals surface area (Å²) in [5.74, 6) is 0. The molecule has 0 spiro atoms. The molecular weight excluding hydrogens is 105 g/mol. The van der Waals surface area contributed by atoms with Crippen molar-refractivity contribution in [3.05, 3.63) is 0 Å². The van der Waals surface area contributed by atoms with E-state index < -0.39 is 0 Å². The fraction of sp³-hybridized carbons (Fsp3) is 1.00. The van der Waals surface area contributed by atoms with Crippen molar-refractivity contribution in [3.8, 4) is 0 Å². The average molecular weight is 117 g/mol. The second kappa shape index (κ2) is 10.0. The summed E-state index contributed by atoms with van der Waals surface area (Å²) >= 11 is 0. The first-order chi connectivity index (χ1) is 3.41. The Labute approximate surface area is 51.3 Å². The lowest BCUT2D eigenvalue weighted by Crippen LogP contribution is -2.85. The molecule has 4 heteroatoms. The molecule has 0 aromatic carbocycles. The van der Waals surface area contributed by atoms with E-state index in [0.717, 1.165) is 0 Å². The molecule has 0 amide bonds. The minimum Gasteiger partial charge on any atom is -1.00 e. The molecule has 0 rings (SSSR count). The second-order valence-electron chi connectivity index (χ2n) is 1.31. The maximum absolute atomic E-state index is 8.18. The molecule has 0 aliphatic heterocycles. The molecule has 0 saturated carbocycles. The minimum atomic E-state index is 0. The van der Waals surface area contributed by atoms with Crippen molar-refractivity contribution in [3.63, 3.8) is 0 Å². The second-order valence-corrected chi connectivity index (χ2v) is 1.31. The molecule has 8 heavy (non-hydrogen) atoms. The van der Waals surface area contributed by atoms with Crippen LogP contribution in [0.2, 0.25) is 0 Å². The average Bonchev–Trinajstić information content (AvgIpc) is 1.69. The molecule has 4 N–H and O–H groups in total. The number of hydrogen-bond donors (Lipinski definition) is 3. The van der Waals surface area contributed by atoms with Crippen molar-refractivity contribution in [2.45, 2.75) is 0 Å². The largest absolute Gasteiger partial charge is 1.00 e. The van der Waals surface area contributed by atoms with Gasteiger partial charge in [-0.25, -0.2) is 0 Å². The van der Waals surface area contributed by atoms with Gasteiger partial charge in [-0.1, -0.05) is 0 Å². The monoisotopic (exact) mass is 117 g/mol. The Morgan fingerprint density at radius 2 is 1.38 bits per heavy atom. The van der Waals surface area contributed by atoms with Gasteiger partial charge in [-0.3, -0.25) is 0 Å². The Hall–Kier alpha value is -0.0551. The molecule has 0 aliphatic rings. The van der Waals surface area contributed by atoms with Crippen molar-refractivity contribution in [2.24, 2.45) is 0 Å². The third-order valence-electron chi connectivity index (χ3n) is 0.666. The van der Waals surface area contributed by atoms with E-state index in [1.54, 1.807) is 0 Å². The van der Waals surface area contributed by atoms with Crippen molar-refractivity contribution < 1.29 is 15.5 Å². The Balaban J connectivity index is 0. The van der Waals surface area contributed by atoms with Crippen LogP contribution in [0.1, 0.15) is 0 Å². The lowest BCUT2D eigenvalue weighted by atomic mass is 10.6. The molecule has 0 saturated heterocycles. The zero-order valence-electron chi connectivity index (χ0n) is 4.88. The van der Waals surface area contributed by atoms with Gasteiger partial charge in [0.05, 0.1) is 26.3 Å². The van der Waals surface area contributed by atoms with Gasteiger partial charge in [-0.05, 0) is 0 Å². The summed E-state index contributed by atoms with van der Waals surface area (Å²) < 4.78 is 0. The molecule has 0 heterocycles. The third-order valence-corrected chi connectivity index (χ3v) is 0.666. The number of quaternary nitrogens is 1. The summed E-state index contributed by atoms with van der Waals surface area (Å²) in [6, 6.07) is 0. The number of aliphatic hydroxyl groups excluding tert-OH is 2. The fourth-order valence-electron chi connectivity index (χ4n) is 0.327. The molecule has 0 fully saturated rings. The lowest BCUT2D eigenvalue weighted by molar-refractivity contribution is -0.657. The highest BCUT2D eigenvalue weighted by Gasteiger charge is 1.82. The van der Waals surface area contributed by atoms with Crippen LogP contribution in [0.15, 0.2) is 0 Å². The summed E-state index contributed by atoms with van der Waals surface area (Å²) in [5.41, 5.74) is 0. The van der Waals surface area contributed by atoms with Crippen LogP contribution < -0.4 is 5.32 Å². The molecule has 0 unspecified atom stereocenters. The highest BCUT2D eigenvalue weighted by molar-refractivity contribution is 5.75. The Morgan fingerprint density at radius 3 is 1.62 bits per heavy atom. The van der Waals surface area contributed by atoms with Crippen molar-refractivity contribution in [2.75, 3.05) is 26.3 Å². The first-order valence-corrected chi connectivity index (χ1v) is 2.45. The summed E-state index contributed by atoms with van der Waals surface area (Å²) in [7, 11) is 0. The standard InChI is InChI=1S/C4H11NO2.B/c6-3-1-5-2-4-7;/h5-7H,1-4H2;/q;-1/p+1. The van der Waals surface area contributed by atoms with Gasteiger partial charge in [0.25, 0.3) is 0 Å². The highest BCUT2D eigenvalue weighted by Crippen LogP contribution is 1.40. The van der Waals surface area contributed by atoms with E-state index in [1.807, 2.05) is 5.32 Å². The highest BCUT2D eigenvalue weighted by atomic mass is 16.3. The molecule has 3 nitrogen and oxygen atoms in total. The van der Waals surface area contributed by atoms with Crippen LogP contribution in [0.25, 0.3) is 0 Å². The molecule has 0 bridgehead atoms. The van der Waals surface area contributed by atoms with Crippen molar-refractivity contribution in [1.82, 2.24) is 0 Å². The van der Waals surface area contributed by atoms with Crippen LogP contribution in [-0.4, -0.2) is 44.9 Å². The molecule has 4 radical (unpaired) electrons. The SMILES string of the molecule is OCC[NH2+]CCO.[B-]. The van der Waals surface area contributed by atoms with Crippen LogP contribution >= 0.6 is 0 Å². The van der Waals surface area contributed by atoms with E-state index >= 15 is 0 Å². The van der Waals surface area contributed by atoms with Crippen LogP contribution in [-0.2, 0) is 0 Å².